The predicted molar refractivity (Wildman–Crippen MR) is 124 cm³/mol. The first-order valence-corrected chi connectivity index (χ1v) is 11.0. The van der Waals surface area contributed by atoms with Crippen molar-refractivity contribution >= 4 is 18.1 Å². The third kappa shape index (κ3) is 5.12. The lowest BCUT2D eigenvalue weighted by Crippen LogP contribution is -2.45. The number of hydrogen-bond donors (Lipinski definition) is 2. The lowest BCUT2D eigenvalue weighted by Gasteiger charge is -2.35. The van der Waals surface area contributed by atoms with E-state index in [1.165, 1.54) is 5.56 Å². The molecule has 1 aromatic heterocycles. The normalized spacial score (nSPS) is 19.3. The van der Waals surface area contributed by atoms with Crippen LogP contribution in [0, 0.1) is 4.77 Å². The van der Waals surface area contributed by atoms with Gasteiger partial charge in [-0.15, -0.1) is 0 Å². The number of rotatable bonds is 6. The molecule has 31 heavy (non-hydrogen) atoms. The molecule has 0 saturated carbocycles. The Balaban J connectivity index is 1.47. The van der Waals surface area contributed by atoms with E-state index >= 15 is 0 Å². The molecule has 0 bridgehead atoms. The van der Waals surface area contributed by atoms with Crippen molar-refractivity contribution in [2.75, 3.05) is 13.1 Å². The number of amides is 1. The van der Waals surface area contributed by atoms with Gasteiger partial charge in [0.2, 0.25) is 0 Å². The van der Waals surface area contributed by atoms with E-state index in [1.54, 1.807) is 10.8 Å². The van der Waals surface area contributed by atoms with Crippen LogP contribution in [0.1, 0.15) is 35.5 Å². The Kier molecular flexibility index (Phi) is 6.65. The molecule has 3 aromatic rings. The molecule has 0 radical (unpaired) electrons. The summed E-state index contributed by atoms with van der Waals surface area (Å²) in [6, 6.07) is 17.9. The van der Waals surface area contributed by atoms with Gasteiger partial charge in [-0.3, -0.25) is 14.3 Å². The second-order valence-corrected chi connectivity index (χ2v) is 8.44. The predicted octanol–water partition coefficient (Wildman–Crippen LogP) is 4.07. The van der Waals surface area contributed by atoms with E-state index in [4.69, 9.17) is 17.0 Å². The highest BCUT2D eigenvalue weighted by Crippen LogP contribution is 2.18. The van der Waals surface area contributed by atoms with Gasteiger partial charge in [0.1, 0.15) is 5.69 Å². The maximum atomic E-state index is 13.0. The summed E-state index contributed by atoms with van der Waals surface area (Å²) in [5, 5.41) is 3.06. The zero-order chi connectivity index (χ0) is 21.8. The number of carbonyl (C=O) groups is 1. The van der Waals surface area contributed by atoms with Crippen LogP contribution in [0.2, 0.25) is 0 Å². The topological polar surface area (TPSA) is 62.3 Å². The molecule has 7 heteroatoms. The van der Waals surface area contributed by atoms with Gasteiger partial charge >= 0.3 is 0 Å². The van der Waals surface area contributed by atoms with Crippen LogP contribution in [-0.4, -0.2) is 45.7 Å². The Morgan fingerprint density at radius 3 is 2.42 bits per heavy atom. The number of hydrogen-bond acceptors (Lipinski definition) is 4. The Morgan fingerprint density at radius 1 is 1.06 bits per heavy atom. The summed E-state index contributed by atoms with van der Waals surface area (Å²) in [5.41, 5.74) is 3.68. The second-order valence-electron chi connectivity index (χ2n) is 8.05. The molecular weight excluding hydrogens is 408 g/mol. The number of carbonyl (C=O) groups excluding carboxylic acids is 1. The smallest absolute Gasteiger partial charge is 0.270 e. The summed E-state index contributed by atoms with van der Waals surface area (Å²) >= 11 is 5.39. The number of imidazole rings is 1. The molecule has 2 aromatic carbocycles. The van der Waals surface area contributed by atoms with Gasteiger partial charge in [-0.05, 0) is 49.3 Å². The molecular formula is C24H28N4O2S. The Bertz CT molecular complexity index is 1080. The fourth-order valence-electron chi connectivity index (χ4n) is 4.17. The van der Waals surface area contributed by atoms with Crippen molar-refractivity contribution < 1.29 is 9.53 Å². The molecule has 2 atom stereocenters. The molecule has 2 heterocycles. The number of nitrogens with one attached hydrogen (secondary N) is 2. The number of ether oxygens (including phenoxy) is 1. The minimum Gasteiger partial charge on any atom is -0.373 e. The molecule has 2 unspecified atom stereocenters. The SMILES string of the molecule is CC1CN(Cc2ccccc2CNC(=O)c2c[nH]c(=S)n2-c2ccccc2)CC(C)O1. The fraction of sp³-hybridized carbons (Fsp3) is 0.333. The first-order chi connectivity index (χ1) is 15.0. The number of benzene rings is 2. The van der Waals surface area contributed by atoms with Gasteiger partial charge in [0.15, 0.2) is 4.77 Å². The fourth-order valence-corrected chi connectivity index (χ4v) is 4.44. The third-order valence-corrected chi connectivity index (χ3v) is 5.77. The maximum Gasteiger partial charge on any atom is 0.270 e. The monoisotopic (exact) mass is 436 g/mol. The molecule has 1 aliphatic rings. The first-order valence-electron chi connectivity index (χ1n) is 10.6. The van der Waals surface area contributed by atoms with Crippen molar-refractivity contribution in [1.29, 1.82) is 0 Å². The summed E-state index contributed by atoms with van der Waals surface area (Å²) < 4.78 is 8.10. The van der Waals surface area contributed by atoms with E-state index in [2.05, 4.69) is 41.2 Å². The first kappa shape index (κ1) is 21.5. The number of aromatic amines is 1. The number of para-hydroxylation sites is 1. The second kappa shape index (κ2) is 9.60. The molecule has 4 rings (SSSR count). The van der Waals surface area contributed by atoms with E-state index < -0.39 is 0 Å². The standard InChI is InChI=1S/C24H28N4O2S/c1-17-14-27(15-18(2)30-17)16-20-9-7-6-8-19(20)12-25-23(29)22-13-26-24(31)28(22)21-10-4-3-5-11-21/h3-11,13,17-18H,12,14-16H2,1-2H3,(H,25,29)(H,26,31). The third-order valence-electron chi connectivity index (χ3n) is 5.47. The summed E-state index contributed by atoms with van der Waals surface area (Å²) in [6.45, 7) is 7.34. The minimum absolute atomic E-state index is 0.167. The molecule has 1 aliphatic heterocycles. The number of morpholine rings is 1. The van der Waals surface area contributed by atoms with Crippen molar-refractivity contribution in [3.8, 4) is 5.69 Å². The van der Waals surface area contributed by atoms with Gasteiger partial charge in [-0.2, -0.15) is 0 Å². The molecule has 1 fully saturated rings. The van der Waals surface area contributed by atoms with E-state index in [9.17, 15) is 4.79 Å². The number of aromatic nitrogens is 2. The Hall–Kier alpha value is -2.74. The van der Waals surface area contributed by atoms with Crippen LogP contribution in [0.25, 0.3) is 5.69 Å². The van der Waals surface area contributed by atoms with Crippen LogP contribution in [0.4, 0.5) is 0 Å². The van der Waals surface area contributed by atoms with E-state index in [1.807, 2.05) is 42.5 Å². The molecule has 0 aliphatic carbocycles. The van der Waals surface area contributed by atoms with Crippen molar-refractivity contribution in [1.82, 2.24) is 19.8 Å². The van der Waals surface area contributed by atoms with Crippen LogP contribution in [0.3, 0.4) is 0 Å². The molecule has 0 spiro atoms. The zero-order valence-corrected chi connectivity index (χ0v) is 18.7. The molecule has 162 valence electrons. The van der Waals surface area contributed by atoms with Gasteiger partial charge in [-0.25, -0.2) is 0 Å². The molecule has 1 amide bonds. The van der Waals surface area contributed by atoms with Crippen LogP contribution >= 0.6 is 12.2 Å². The summed E-state index contributed by atoms with van der Waals surface area (Å²) in [4.78, 5) is 18.4. The largest absolute Gasteiger partial charge is 0.373 e. The van der Waals surface area contributed by atoms with Gasteiger partial charge in [0.25, 0.3) is 5.91 Å². The average Bonchev–Trinajstić information content (AvgIpc) is 3.14. The molecule has 2 N–H and O–H groups in total. The van der Waals surface area contributed by atoms with Crippen LogP contribution < -0.4 is 5.32 Å². The van der Waals surface area contributed by atoms with Gasteiger partial charge in [-0.1, -0.05) is 42.5 Å². The zero-order valence-electron chi connectivity index (χ0n) is 17.9. The maximum absolute atomic E-state index is 13.0. The van der Waals surface area contributed by atoms with Crippen molar-refractivity contribution in [2.24, 2.45) is 0 Å². The van der Waals surface area contributed by atoms with Gasteiger partial charge in [0.05, 0.1) is 12.2 Å². The average molecular weight is 437 g/mol. The highest BCUT2D eigenvalue weighted by Gasteiger charge is 2.23. The highest BCUT2D eigenvalue weighted by molar-refractivity contribution is 7.71. The Morgan fingerprint density at radius 2 is 1.71 bits per heavy atom. The van der Waals surface area contributed by atoms with E-state index in [0.717, 1.165) is 30.9 Å². The molecule has 6 nitrogen and oxygen atoms in total. The summed E-state index contributed by atoms with van der Waals surface area (Å²) in [7, 11) is 0. The summed E-state index contributed by atoms with van der Waals surface area (Å²) in [6.07, 6.45) is 2.11. The minimum atomic E-state index is -0.167. The van der Waals surface area contributed by atoms with Crippen molar-refractivity contribution in [3.05, 3.63) is 82.4 Å². The van der Waals surface area contributed by atoms with Gasteiger partial charge in [0, 0.05) is 38.1 Å². The lowest BCUT2D eigenvalue weighted by molar-refractivity contribution is -0.0705. The number of nitrogens with zero attached hydrogens (tertiary/aromatic N) is 2. The quantitative estimate of drug-likeness (QED) is 0.572. The van der Waals surface area contributed by atoms with Crippen LogP contribution in [0.15, 0.2) is 60.8 Å². The summed E-state index contributed by atoms with van der Waals surface area (Å²) in [5.74, 6) is -0.167. The lowest BCUT2D eigenvalue weighted by atomic mass is 10.1. The Labute approximate surface area is 187 Å². The van der Waals surface area contributed by atoms with E-state index in [0.29, 0.717) is 17.0 Å². The molecule has 1 saturated heterocycles. The van der Waals surface area contributed by atoms with E-state index in [-0.39, 0.29) is 18.1 Å². The van der Waals surface area contributed by atoms with Crippen LogP contribution in [-0.2, 0) is 17.8 Å². The van der Waals surface area contributed by atoms with Crippen LogP contribution in [0.5, 0.6) is 0 Å². The van der Waals surface area contributed by atoms with Crippen molar-refractivity contribution in [3.63, 3.8) is 0 Å². The van der Waals surface area contributed by atoms with Gasteiger partial charge < -0.3 is 15.0 Å². The number of H-pyrrole nitrogens is 1. The van der Waals surface area contributed by atoms with Crippen molar-refractivity contribution in [2.45, 2.75) is 39.1 Å². The highest BCUT2D eigenvalue weighted by atomic mass is 32.1.